The van der Waals surface area contributed by atoms with Gasteiger partial charge in [0.15, 0.2) is 0 Å². The van der Waals surface area contributed by atoms with Gasteiger partial charge < -0.3 is 5.32 Å². The van der Waals surface area contributed by atoms with Crippen LogP contribution in [0.15, 0.2) is 82.2 Å². The summed E-state index contributed by atoms with van der Waals surface area (Å²) in [5.41, 5.74) is 1.66. The molecule has 0 bridgehead atoms. The fourth-order valence-corrected chi connectivity index (χ4v) is 4.38. The second kappa shape index (κ2) is 9.37. The second-order valence-electron chi connectivity index (χ2n) is 6.74. The zero-order valence-electron chi connectivity index (χ0n) is 15.9. The number of carbonyl (C=O) groups excluding carboxylic acids is 2. The molecule has 1 saturated heterocycles. The van der Waals surface area contributed by atoms with Gasteiger partial charge in [-0.15, -0.1) is 0 Å². The molecule has 0 unspecified atom stereocenters. The highest BCUT2D eigenvalue weighted by atomic mass is 35.5. The van der Waals surface area contributed by atoms with Crippen LogP contribution in [-0.2, 0) is 11.3 Å². The molecule has 1 aliphatic rings. The van der Waals surface area contributed by atoms with Crippen LogP contribution in [0.4, 0.5) is 4.79 Å². The Morgan fingerprint density at radius 1 is 0.839 bits per heavy atom. The zero-order valence-corrected chi connectivity index (χ0v) is 19.0. The lowest BCUT2D eigenvalue weighted by molar-refractivity contribution is -0.123. The molecule has 1 aliphatic heterocycles. The highest BCUT2D eigenvalue weighted by molar-refractivity contribution is 7.99. The zero-order chi connectivity index (χ0) is 22.0. The maximum absolute atomic E-state index is 12.7. The van der Waals surface area contributed by atoms with Gasteiger partial charge in [-0.1, -0.05) is 64.8 Å². The van der Waals surface area contributed by atoms with Crippen LogP contribution in [0.2, 0.25) is 15.1 Å². The van der Waals surface area contributed by atoms with Crippen LogP contribution < -0.4 is 5.32 Å². The van der Waals surface area contributed by atoms with Crippen molar-refractivity contribution in [3.8, 4) is 0 Å². The predicted molar refractivity (Wildman–Crippen MR) is 126 cm³/mol. The van der Waals surface area contributed by atoms with Crippen molar-refractivity contribution in [3.63, 3.8) is 0 Å². The van der Waals surface area contributed by atoms with E-state index >= 15 is 0 Å². The average molecular weight is 490 g/mol. The van der Waals surface area contributed by atoms with Crippen LogP contribution in [0.25, 0.3) is 6.08 Å². The smallest absolute Gasteiger partial charge is 0.303 e. The van der Waals surface area contributed by atoms with E-state index in [-0.39, 0.29) is 12.2 Å². The van der Waals surface area contributed by atoms with Gasteiger partial charge in [0.25, 0.3) is 5.91 Å². The molecule has 0 aliphatic carbocycles. The van der Waals surface area contributed by atoms with Gasteiger partial charge in [-0.05, 0) is 65.7 Å². The van der Waals surface area contributed by atoms with E-state index in [1.54, 1.807) is 36.0 Å². The molecule has 1 heterocycles. The highest BCUT2D eigenvalue weighted by Crippen LogP contribution is 2.29. The third kappa shape index (κ3) is 5.25. The Labute approximate surface area is 198 Å². The van der Waals surface area contributed by atoms with Crippen LogP contribution in [0, 0.1) is 0 Å². The van der Waals surface area contributed by atoms with E-state index in [4.69, 9.17) is 34.8 Å². The first kappa shape index (κ1) is 21.8. The number of hydrogen-bond donors (Lipinski definition) is 1. The summed E-state index contributed by atoms with van der Waals surface area (Å²) in [5, 5.41) is 4.21. The number of hydrogen-bond acceptors (Lipinski definition) is 3. The van der Waals surface area contributed by atoms with Crippen molar-refractivity contribution in [3.05, 3.63) is 98.6 Å². The standard InChI is InChI=1S/C23H15Cl3N2O2S/c24-16-5-9-19(10-6-16)31-18-7-1-14(2-8-18)11-21-22(29)28(23(30)27-21)13-15-3-4-17(25)12-20(15)26/h1-12H,13H2,(H,27,30)/b21-11-. The summed E-state index contributed by atoms with van der Waals surface area (Å²) < 4.78 is 0. The first-order valence-corrected chi connectivity index (χ1v) is 11.2. The number of carbonyl (C=O) groups is 2. The third-order valence-corrected chi connectivity index (χ3v) is 6.40. The molecule has 3 amide bonds. The van der Waals surface area contributed by atoms with Gasteiger partial charge in [0.1, 0.15) is 5.70 Å². The molecule has 1 N–H and O–H groups in total. The molecule has 31 heavy (non-hydrogen) atoms. The van der Waals surface area contributed by atoms with Gasteiger partial charge in [-0.2, -0.15) is 0 Å². The minimum Gasteiger partial charge on any atom is -0.303 e. The van der Waals surface area contributed by atoms with Gasteiger partial charge >= 0.3 is 6.03 Å². The molecule has 0 saturated carbocycles. The van der Waals surface area contributed by atoms with Crippen LogP contribution in [0.3, 0.4) is 0 Å². The number of urea groups is 1. The van der Waals surface area contributed by atoms with Gasteiger partial charge in [-0.3, -0.25) is 9.69 Å². The fraction of sp³-hybridized carbons (Fsp3) is 0.0435. The molecule has 4 nitrogen and oxygen atoms in total. The number of nitrogens with zero attached hydrogens (tertiary/aromatic N) is 1. The molecule has 1 fully saturated rings. The highest BCUT2D eigenvalue weighted by Gasteiger charge is 2.33. The second-order valence-corrected chi connectivity index (χ2v) is 9.17. The number of halogens is 3. The Morgan fingerprint density at radius 3 is 2.10 bits per heavy atom. The fourth-order valence-electron chi connectivity index (χ4n) is 2.97. The van der Waals surface area contributed by atoms with E-state index in [9.17, 15) is 9.59 Å². The molecular formula is C23H15Cl3N2O2S. The Hall–Kier alpha value is -2.44. The molecule has 0 aromatic heterocycles. The summed E-state index contributed by atoms with van der Waals surface area (Å²) in [7, 11) is 0. The quantitative estimate of drug-likeness (QED) is 0.313. The summed E-state index contributed by atoms with van der Waals surface area (Å²) in [6.45, 7) is 0.0642. The van der Waals surface area contributed by atoms with E-state index in [0.29, 0.717) is 20.6 Å². The summed E-state index contributed by atoms with van der Waals surface area (Å²) in [5.74, 6) is -0.407. The number of amides is 3. The summed E-state index contributed by atoms with van der Waals surface area (Å²) in [6.07, 6.45) is 1.65. The first-order chi connectivity index (χ1) is 14.9. The van der Waals surface area contributed by atoms with Crippen molar-refractivity contribution in [1.29, 1.82) is 0 Å². The maximum atomic E-state index is 12.7. The summed E-state index contributed by atoms with van der Waals surface area (Å²) in [6, 6.07) is 19.8. The average Bonchev–Trinajstić information content (AvgIpc) is 3.00. The predicted octanol–water partition coefficient (Wildman–Crippen LogP) is 6.89. The molecule has 156 valence electrons. The van der Waals surface area contributed by atoms with Crippen molar-refractivity contribution in [2.75, 3.05) is 0 Å². The molecular weight excluding hydrogens is 475 g/mol. The molecule has 3 aromatic carbocycles. The normalized spacial score (nSPS) is 14.9. The van der Waals surface area contributed by atoms with Crippen molar-refractivity contribution in [2.24, 2.45) is 0 Å². The summed E-state index contributed by atoms with van der Waals surface area (Å²) in [4.78, 5) is 28.3. The Balaban J connectivity index is 1.46. The molecule has 8 heteroatoms. The van der Waals surface area contributed by atoms with E-state index in [1.807, 2.05) is 48.5 Å². The van der Waals surface area contributed by atoms with Gasteiger partial charge in [0.05, 0.1) is 6.54 Å². The van der Waals surface area contributed by atoms with Crippen molar-refractivity contribution in [2.45, 2.75) is 16.3 Å². The lowest BCUT2D eigenvalue weighted by Crippen LogP contribution is -2.30. The minimum atomic E-state index is -0.489. The number of rotatable bonds is 5. The van der Waals surface area contributed by atoms with Gasteiger partial charge in [0, 0.05) is 24.9 Å². The largest absolute Gasteiger partial charge is 0.329 e. The number of imide groups is 1. The lowest BCUT2D eigenvalue weighted by atomic mass is 10.2. The van der Waals surface area contributed by atoms with Gasteiger partial charge in [0.2, 0.25) is 0 Å². The van der Waals surface area contributed by atoms with Crippen LogP contribution in [0.5, 0.6) is 0 Å². The first-order valence-electron chi connectivity index (χ1n) is 9.21. The van der Waals surface area contributed by atoms with Gasteiger partial charge in [-0.25, -0.2) is 4.79 Å². The Morgan fingerprint density at radius 2 is 1.45 bits per heavy atom. The minimum absolute atomic E-state index is 0.0642. The molecule has 0 radical (unpaired) electrons. The topological polar surface area (TPSA) is 49.4 Å². The van der Waals surface area contributed by atoms with Crippen molar-refractivity contribution in [1.82, 2.24) is 10.2 Å². The van der Waals surface area contributed by atoms with Crippen LogP contribution >= 0.6 is 46.6 Å². The Bertz CT molecular complexity index is 1180. The van der Waals surface area contributed by atoms with E-state index < -0.39 is 11.9 Å². The molecule has 0 spiro atoms. The number of benzene rings is 3. The Kier molecular flexibility index (Phi) is 6.58. The van der Waals surface area contributed by atoms with E-state index in [1.165, 1.54) is 0 Å². The van der Waals surface area contributed by atoms with Crippen LogP contribution in [0.1, 0.15) is 11.1 Å². The molecule has 4 rings (SSSR count). The molecule has 3 aromatic rings. The summed E-state index contributed by atoms with van der Waals surface area (Å²) >= 11 is 19.6. The number of nitrogens with one attached hydrogen (secondary N) is 1. The molecule has 0 atom stereocenters. The lowest BCUT2D eigenvalue weighted by Gasteiger charge is -2.13. The van der Waals surface area contributed by atoms with E-state index in [0.717, 1.165) is 20.3 Å². The van der Waals surface area contributed by atoms with E-state index in [2.05, 4.69) is 5.32 Å². The van der Waals surface area contributed by atoms with Crippen molar-refractivity contribution < 1.29 is 9.59 Å². The maximum Gasteiger partial charge on any atom is 0.329 e. The van der Waals surface area contributed by atoms with Crippen LogP contribution in [-0.4, -0.2) is 16.8 Å². The van der Waals surface area contributed by atoms with Crippen molar-refractivity contribution >= 4 is 64.6 Å². The third-order valence-electron chi connectivity index (χ3n) is 4.55. The SMILES string of the molecule is O=C1N/C(=C\c2ccc(Sc3ccc(Cl)cc3)cc2)C(=O)N1Cc1ccc(Cl)cc1Cl. The monoisotopic (exact) mass is 488 g/mol.